The predicted molar refractivity (Wildman–Crippen MR) is 95.9 cm³/mol. The van der Waals surface area contributed by atoms with Gasteiger partial charge in [0.05, 0.1) is 6.04 Å². The minimum atomic E-state index is -1.19. The zero-order chi connectivity index (χ0) is 20.3. The first-order valence-electron chi connectivity index (χ1n) is 8.66. The standard InChI is InChI=1S/C16H31N5O5/c1-9(2)13(18)16(26)21-11(6-4-5-7-17)15(25)20-10(3)14(24)19-8-12(22)23/h9-11,13H,4-8,17-18H2,1-3H3,(H,19,24)(H,20,25)(H,21,26)(H,22,23). The SMILES string of the molecule is CC(NC(=O)C(CCCCN)NC(=O)C(N)C(C)C)C(=O)NCC(=O)O. The Bertz CT molecular complexity index is 497. The van der Waals surface area contributed by atoms with Gasteiger partial charge < -0.3 is 32.5 Å². The molecule has 0 aliphatic carbocycles. The second-order valence-electron chi connectivity index (χ2n) is 6.46. The molecule has 0 rings (SSSR count). The van der Waals surface area contributed by atoms with Gasteiger partial charge in [-0.15, -0.1) is 0 Å². The molecule has 0 aromatic heterocycles. The molecule has 3 unspecified atom stereocenters. The number of carboxylic acid groups (broad SMARTS) is 1. The highest BCUT2D eigenvalue weighted by molar-refractivity contribution is 5.93. The summed E-state index contributed by atoms with van der Waals surface area (Å²) >= 11 is 0. The molecular weight excluding hydrogens is 342 g/mol. The Hall–Kier alpha value is -2.20. The van der Waals surface area contributed by atoms with Gasteiger partial charge in [0, 0.05) is 0 Å². The van der Waals surface area contributed by atoms with Crippen LogP contribution in [0.15, 0.2) is 0 Å². The second-order valence-corrected chi connectivity index (χ2v) is 6.46. The van der Waals surface area contributed by atoms with Gasteiger partial charge in [0.2, 0.25) is 17.7 Å². The van der Waals surface area contributed by atoms with Crippen molar-refractivity contribution in [3.63, 3.8) is 0 Å². The number of carbonyl (C=O) groups is 4. The molecule has 0 aromatic rings. The molecule has 0 saturated heterocycles. The number of amides is 3. The molecule has 0 radical (unpaired) electrons. The molecule has 0 bridgehead atoms. The first kappa shape index (κ1) is 23.8. The number of aliphatic carboxylic acids is 1. The van der Waals surface area contributed by atoms with Gasteiger partial charge in [-0.1, -0.05) is 13.8 Å². The van der Waals surface area contributed by atoms with Crippen molar-refractivity contribution < 1.29 is 24.3 Å². The Morgan fingerprint density at radius 3 is 2.08 bits per heavy atom. The third kappa shape index (κ3) is 9.33. The number of carboxylic acids is 1. The summed E-state index contributed by atoms with van der Waals surface area (Å²) in [6.07, 6.45) is 1.65. The molecule has 3 atom stereocenters. The fourth-order valence-corrected chi connectivity index (χ4v) is 2.03. The second kappa shape index (κ2) is 12.2. The lowest BCUT2D eigenvalue weighted by Crippen LogP contribution is -2.56. The molecule has 8 N–H and O–H groups in total. The lowest BCUT2D eigenvalue weighted by Gasteiger charge is -2.23. The van der Waals surface area contributed by atoms with Crippen LogP contribution in [0, 0.1) is 5.92 Å². The summed E-state index contributed by atoms with van der Waals surface area (Å²) < 4.78 is 0. The lowest BCUT2D eigenvalue weighted by atomic mass is 10.0. The van der Waals surface area contributed by atoms with E-state index in [-0.39, 0.29) is 5.92 Å². The summed E-state index contributed by atoms with van der Waals surface area (Å²) in [7, 11) is 0. The Balaban J connectivity index is 4.84. The van der Waals surface area contributed by atoms with Crippen molar-refractivity contribution in [3.05, 3.63) is 0 Å². The van der Waals surface area contributed by atoms with Crippen molar-refractivity contribution in [2.45, 2.75) is 58.2 Å². The van der Waals surface area contributed by atoms with E-state index >= 15 is 0 Å². The molecule has 0 aromatic carbocycles. The molecule has 0 heterocycles. The molecule has 0 spiro atoms. The molecule has 10 heteroatoms. The average molecular weight is 373 g/mol. The third-order valence-electron chi connectivity index (χ3n) is 3.77. The number of rotatable bonds is 12. The van der Waals surface area contributed by atoms with Crippen LogP contribution in [-0.2, 0) is 19.2 Å². The fraction of sp³-hybridized carbons (Fsp3) is 0.750. The van der Waals surface area contributed by atoms with E-state index in [9.17, 15) is 19.2 Å². The van der Waals surface area contributed by atoms with Crippen LogP contribution < -0.4 is 27.4 Å². The smallest absolute Gasteiger partial charge is 0.322 e. The van der Waals surface area contributed by atoms with Gasteiger partial charge in [-0.05, 0) is 38.6 Å². The third-order valence-corrected chi connectivity index (χ3v) is 3.77. The highest BCUT2D eigenvalue weighted by atomic mass is 16.4. The number of carbonyl (C=O) groups excluding carboxylic acids is 3. The minimum Gasteiger partial charge on any atom is -0.480 e. The maximum atomic E-state index is 12.4. The van der Waals surface area contributed by atoms with Gasteiger partial charge in [-0.3, -0.25) is 19.2 Å². The number of hydrogen-bond acceptors (Lipinski definition) is 6. The number of hydrogen-bond donors (Lipinski definition) is 6. The quantitative estimate of drug-likeness (QED) is 0.221. The van der Waals surface area contributed by atoms with Crippen molar-refractivity contribution in [1.82, 2.24) is 16.0 Å². The number of nitrogens with one attached hydrogen (secondary N) is 3. The van der Waals surface area contributed by atoms with Gasteiger partial charge in [-0.25, -0.2) is 0 Å². The first-order chi connectivity index (χ1) is 12.1. The molecule has 150 valence electrons. The Morgan fingerprint density at radius 2 is 1.58 bits per heavy atom. The van der Waals surface area contributed by atoms with E-state index in [1.807, 2.05) is 0 Å². The summed E-state index contributed by atoms with van der Waals surface area (Å²) in [5.41, 5.74) is 11.2. The molecule has 3 amide bonds. The number of unbranched alkanes of at least 4 members (excludes halogenated alkanes) is 1. The summed E-state index contributed by atoms with van der Waals surface area (Å²) in [6, 6.07) is -2.56. The van der Waals surface area contributed by atoms with Crippen molar-refractivity contribution in [2.75, 3.05) is 13.1 Å². The molecule has 26 heavy (non-hydrogen) atoms. The highest BCUT2D eigenvalue weighted by Gasteiger charge is 2.27. The zero-order valence-electron chi connectivity index (χ0n) is 15.6. The van der Waals surface area contributed by atoms with E-state index in [2.05, 4.69) is 16.0 Å². The highest BCUT2D eigenvalue weighted by Crippen LogP contribution is 2.04. The van der Waals surface area contributed by atoms with Crippen molar-refractivity contribution >= 4 is 23.7 Å². The van der Waals surface area contributed by atoms with Crippen molar-refractivity contribution in [1.29, 1.82) is 0 Å². The van der Waals surface area contributed by atoms with Crippen LogP contribution in [-0.4, -0.2) is 60.0 Å². The monoisotopic (exact) mass is 373 g/mol. The molecule has 10 nitrogen and oxygen atoms in total. The molecule has 0 aliphatic rings. The van der Waals surface area contributed by atoms with Gasteiger partial charge in [0.25, 0.3) is 0 Å². The van der Waals surface area contributed by atoms with Crippen LogP contribution in [0.25, 0.3) is 0 Å². The number of nitrogens with two attached hydrogens (primary N) is 2. The van der Waals surface area contributed by atoms with E-state index in [1.54, 1.807) is 13.8 Å². The Labute approximate surface area is 153 Å². The van der Waals surface area contributed by atoms with Gasteiger partial charge in [-0.2, -0.15) is 0 Å². The van der Waals surface area contributed by atoms with Crippen LogP contribution in [0.3, 0.4) is 0 Å². The van der Waals surface area contributed by atoms with Crippen LogP contribution in [0.2, 0.25) is 0 Å². The van der Waals surface area contributed by atoms with E-state index in [1.165, 1.54) is 6.92 Å². The maximum Gasteiger partial charge on any atom is 0.322 e. The Kier molecular flexibility index (Phi) is 11.2. The van der Waals surface area contributed by atoms with Crippen LogP contribution in [0.1, 0.15) is 40.0 Å². The molecule has 0 saturated carbocycles. The summed E-state index contributed by atoms with van der Waals surface area (Å²) in [5.74, 6) is -2.90. The summed E-state index contributed by atoms with van der Waals surface area (Å²) in [6.45, 7) is 4.93. The van der Waals surface area contributed by atoms with Gasteiger partial charge >= 0.3 is 5.97 Å². The lowest BCUT2D eigenvalue weighted by molar-refractivity contribution is -0.138. The normalized spacial score (nSPS) is 14.2. The van der Waals surface area contributed by atoms with Crippen LogP contribution >= 0.6 is 0 Å². The van der Waals surface area contributed by atoms with Crippen molar-refractivity contribution in [2.24, 2.45) is 17.4 Å². The van der Waals surface area contributed by atoms with Crippen LogP contribution in [0.4, 0.5) is 0 Å². The van der Waals surface area contributed by atoms with E-state index in [0.29, 0.717) is 25.8 Å². The van der Waals surface area contributed by atoms with Crippen LogP contribution in [0.5, 0.6) is 0 Å². The van der Waals surface area contributed by atoms with Crippen molar-refractivity contribution in [3.8, 4) is 0 Å². The summed E-state index contributed by atoms with van der Waals surface area (Å²) in [5, 5.41) is 15.8. The van der Waals surface area contributed by atoms with Gasteiger partial charge in [0.15, 0.2) is 0 Å². The largest absolute Gasteiger partial charge is 0.480 e. The zero-order valence-corrected chi connectivity index (χ0v) is 15.6. The van der Waals surface area contributed by atoms with E-state index in [4.69, 9.17) is 16.6 Å². The predicted octanol–water partition coefficient (Wildman–Crippen LogP) is -1.71. The van der Waals surface area contributed by atoms with E-state index in [0.717, 1.165) is 0 Å². The van der Waals surface area contributed by atoms with E-state index < -0.39 is 48.4 Å². The average Bonchev–Trinajstić information content (AvgIpc) is 2.57. The topological polar surface area (TPSA) is 177 Å². The molecular formula is C16H31N5O5. The summed E-state index contributed by atoms with van der Waals surface area (Å²) in [4.78, 5) is 46.8. The first-order valence-corrected chi connectivity index (χ1v) is 8.66. The molecule has 0 fully saturated rings. The minimum absolute atomic E-state index is 0.0940. The fourth-order valence-electron chi connectivity index (χ4n) is 2.03. The van der Waals surface area contributed by atoms with Gasteiger partial charge in [0.1, 0.15) is 18.6 Å². The maximum absolute atomic E-state index is 12.4. The molecule has 0 aliphatic heterocycles. The Morgan fingerprint density at radius 1 is 0.962 bits per heavy atom.